The van der Waals surface area contributed by atoms with E-state index < -0.39 is 48.7 Å². The predicted octanol–water partition coefficient (Wildman–Crippen LogP) is 6.74. The number of hydrogen-bond acceptors (Lipinski definition) is 10. The topological polar surface area (TPSA) is 242 Å². The Kier molecular flexibility index (Phi) is 52.0. The third-order valence-corrected chi connectivity index (χ3v) is 11.9. The minimum Gasteiger partial charge on any atom is -0.645 e. The summed E-state index contributed by atoms with van der Waals surface area (Å²) in [5, 5.41) is 10.9. The molecular weight excluding hydrogens is 975 g/mol. The summed E-state index contributed by atoms with van der Waals surface area (Å²) in [5.74, 6) is 0.360. The number of nitrogens with one attached hydrogen (secondary N) is 4. The molecule has 0 spiro atoms. The summed E-state index contributed by atoms with van der Waals surface area (Å²) < 4.78 is 60.5. The van der Waals surface area contributed by atoms with E-state index in [4.69, 9.17) is 9.11 Å². The molecule has 4 amide bonds. The van der Waals surface area contributed by atoms with Crippen LogP contribution in [0.25, 0.3) is 0 Å². The van der Waals surface area contributed by atoms with Crippen LogP contribution in [-0.4, -0.2) is 91.0 Å². The Morgan fingerprint density at radius 2 is 0.985 bits per heavy atom. The minimum absolute atomic E-state index is 0. The van der Waals surface area contributed by atoms with Gasteiger partial charge in [-0.2, -0.15) is 16.8 Å². The van der Waals surface area contributed by atoms with Crippen molar-refractivity contribution in [2.75, 3.05) is 24.6 Å². The first-order chi connectivity index (χ1) is 30.6. The fourth-order valence-corrected chi connectivity index (χ4v) is 8.33. The fraction of sp³-hybridized carbons (Fsp3) is 0.854. The average Bonchev–Trinajstić information content (AvgIpc) is 3.16. The van der Waals surface area contributed by atoms with Crippen LogP contribution >= 0.6 is 8.02 Å². The quantitative estimate of drug-likeness (QED) is 0.0144. The zero-order valence-corrected chi connectivity index (χ0v) is 51.7. The van der Waals surface area contributed by atoms with Crippen LogP contribution in [0.3, 0.4) is 0 Å². The molecule has 0 aromatic heterocycles. The zero-order valence-electron chi connectivity index (χ0n) is 45.2. The van der Waals surface area contributed by atoms with Gasteiger partial charge in [-0.05, 0) is 77.7 Å². The molecule has 0 heterocycles. The van der Waals surface area contributed by atoms with E-state index in [2.05, 4.69) is 82.3 Å². The van der Waals surface area contributed by atoms with E-state index in [1.165, 1.54) is 52.4 Å². The second kappa shape index (κ2) is 44.9. The Morgan fingerprint density at radius 3 is 1.29 bits per heavy atom. The number of Topliss-reactive ketones (excluding diaryl/α,β-unsaturated/α-hetero) is 1. The second-order valence-electron chi connectivity index (χ2n) is 20.2. The first-order valence-corrected chi connectivity index (χ1v) is 28.7. The van der Waals surface area contributed by atoms with Crippen molar-refractivity contribution in [3.05, 3.63) is 12.7 Å². The molecule has 15 nitrogen and oxygen atoms in total. The van der Waals surface area contributed by atoms with Gasteiger partial charge < -0.3 is 45.9 Å². The number of hydrogen-bond donors (Lipinski definition) is 6. The van der Waals surface area contributed by atoms with E-state index >= 15 is 0 Å². The maximum Gasteiger partial charge on any atom is 1.00 e. The molecule has 68 heavy (non-hydrogen) atoms. The molecule has 0 rings (SSSR count). The van der Waals surface area contributed by atoms with Crippen LogP contribution in [0.5, 0.6) is 0 Å². The first kappa shape index (κ1) is 78.7. The molecular formula is C48H96KN4O11PS3. The zero-order chi connectivity index (χ0) is 53.6. The van der Waals surface area contributed by atoms with Crippen LogP contribution in [0.2, 0.25) is 0 Å². The van der Waals surface area contributed by atoms with E-state index in [0.29, 0.717) is 12.8 Å². The van der Waals surface area contributed by atoms with Crippen LogP contribution in [0.15, 0.2) is 12.7 Å². The molecule has 2 unspecified atom stereocenters. The molecule has 0 aliphatic heterocycles. The molecule has 0 fully saturated rings. The summed E-state index contributed by atoms with van der Waals surface area (Å²) in [6.07, 6.45) is 16.1. The van der Waals surface area contributed by atoms with Crippen LogP contribution in [-0.2, 0) is 56.0 Å². The van der Waals surface area contributed by atoms with Gasteiger partial charge in [0.1, 0.15) is 5.78 Å². The Balaban J connectivity index is -0.000000192. The third kappa shape index (κ3) is 61.4. The van der Waals surface area contributed by atoms with E-state index in [1.54, 1.807) is 27.7 Å². The first-order valence-electron chi connectivity index (χ1n) is 24.0. The molecule has 0 aromatic rings. The van der Waals surface area contributed by atoms with Crippen LogP contribution < -0.4 is 72.7 Å². The molecule has 0 radical (unpaired) electrons. The Bertz CT molecular complexity index is 1560. The molecule has 6 N–H and O–H groups in total. The van der Waals surface area contributed by atoms with Gasteiger partial charge in [-0.25, -0.2) is 0 Å². The van der Waals surface area contributed by atoms with Gasteiger partial charge in [0, 0.05) is 37.3 Å². The molecule has 0 saturated carbocycles. The monoisotopic (exact) mass is 1070 g/mol. The maximum atomic E-state index is 12.3. The van der Waals surface area contributed by atoms with Gasteiger partial charge in [0.25, 0.3) is 20.2 Å². The van der Waals surface area contributed by atoms with Crippen LogP contribution in [0.1, 0.15) is 194 Å². The van der Waals surface area contributed by atoms with Gasteiger partial charge >= 0.3 is 51.4 Å². The van der Waals surface area contributed by atoms with Crippen molar-refractivity contribution in [3.8, 4) is 0 Å². The summed E-state index contributed by atoms with van der Waals surface area (Å²) >= 11 is 3.78. The molecule has 0 aliphatic carbocycles. The number of ketones is 1. The summed E-state index contributed by atoms with van der Waals surface area (Å²) in [7, 11) is -5.14. The Labute approximate surface area is 465 Å². The maximum absolute atomic E-state index is 12.3. The molecule has 0 aliphatic rings. The summed E-state index contributed by atoms with van der Waals surface area (Å²) in [6, 6.07) is 0. The van der Waals surface area contributed by atoms with E-state index in [0.717, 1.165) is 69.5 Å². The molecule has 0 saturated heterocycles. The molecule has 20 heteroatoms. The van der Waals surface area contributed by atoms with Gasteiger partial charge in [0.15, 0.2) is 0 Å². The predicted molar refractivity (Wildman–Crippen MR) is 281 cm³/mol. The molecule has 0 aromatic carbocycles. The smallest absolute Gasteiger partial charge is 0.645 e. The number of carbonyl (C=O) groups is 5. The van der Waals surface area contributed by atoms with Crippen LogP contribution in [0.4, 0.5) is 0 Å². The van der Waals surface area contributed by atoms with Crippen molar-refractivity contribution in [2.24, 2.45) is 35.5 Å². The van der Waals surface area contributed by atoms with Crippen LogP contribution in [0, 0.1) is 35.5 Å². The third-order valence-electron chi connectivity index (χ3n) is 9.69. The average molecular weight is 1070 g/mol. The molecule has 398 valence electrons. The molecule has 2 atom stereocenters. The van der Waals surface area contributed by atoms with Gasteiger partial charge in [-0.3, -0.25) is 28.3 Å². The summed E-state index contributed by atoms with van der Waals surface area (Å²) in [4.78, 5) is 56.9. The van der Waals surface area contributed by atoms with Crippen molar-refractivity contribution in [1.82, 2.24) is 21.3 Å². The van der Waals surface area contributed by atoms with Crippen molar-refractivity contribution in [2.45, 2.75) is 205 Å². The van der Waals surface area contributed by atoms with Gasteiger partial charge in [0.05, 0.1) is 22.6 Å². The normalized spacial score (nSPS) is 12.2. The van der Waals surface area contributed by atoms with Crippen molar-refractivity contribution in [3.63, 3.8) is 0 Å². The van der Waals surface area contributed by atoms with Gasteiger partial charge in [-0.1, -0.05) is 140 Å². The SMILES string of the molecule is C=CC(=O)NC(C)(C)CS(=O)(=O)O.CC(C)CCCCCNC(=O)C(C)C.CC(C)CCCCCNC(=O)C(C)C.CCCCCC(CC(C)=O)CC(C)C(=O)NC(C)(C)CS(=O)(=O)O.[K+].[P-]=S. The van der Waals surface area contributed by atoms with E-state index in [9.17, 15) is 40.8 Å². The Hall–Kier alpha value is -0.734. The van der Waals surface area contributed by atoms with Gasteiger partial charge in [0.2, 0.25) is 23.6 Å². The number of unbranched alkanes of at least 4 members (excludes halogenated alkanes) is 6. The van der Waals surface area contributed by atoms with E-state index in [-0.39, 0.29) is 98.6 Å². The Morgan fingerprint density at radius 1 is 0.618 bits per heavy atom. The number of amides is 4. The van der Waals surface area contributed by atoms with Crippen molar-refractivity contribution in [1.29, 1.82) is 0 Å². The van der Waals surface area contributed by atoms with Crippen molar-refractivity contribution >= 4 is 69.5 Å². The van der Waals surface area contributed by atoms with Gasteiger partial charge in [-0.15, -0.1) is 0 Å². The largest absolute Gasteiger partial charge is 1.00 e. The molecule has 0 bridgehead atoms. The second-order valence-corrected chi connectivity index (χ2v) is 23.1. The number of carbonyl (C=O) groups excluding carboxylic acids is 5. The number of rotatable bonds is 30. The van der Waals surface area contributed by atoms with E-state index in [1.807, 2.05) is 27.7 Å². The minimum atomic E-state index is -4.17. The van der Waals surface area contributed by atoms with Crippen molar-refractivity contribution < 1.29 is 101 Å². The standard InChI is InChI=1S/C17H33NO5S.2C12H25NO.C7H13NO4S.K.PS/c1-6-7-8-9-15(11-14(3)19)10-13(2)16(20)18-17(4,5)12-24(21,22)23;2*1-10(2)8-6-5-7-9-13-12(14)11(3)4;1-4-6(9)8-7(2,3)5-13(10,11)12;;1-2/h13,15H,6-12H2,1-5H3,(H,18,20)(H,21,22,23);2*10-11H,5-9H2,1-4H3,(H,13,14);4H,1,5H2,2-3H3,(H,8,9)(H,10,11,12);;/q;;;;+1;-1. The summed E-state index contributed by atoms with van der Waals surface area (Å²) in [6.45, 7) is 33.2. The summed E-state index contributed by atoms with van der Waals surface area (Å²) in [5.41, 5.74) is -2.05. The fourth-order valence-electron chi connectivity index (χ4n) is 6.37.